The fourth-order valence-electron chi connectivity index (χ4n) is 2.76. The highest BCUT2D eigenvalue weighted by atomic mass is 32.1. The van der Waals surface area contributed by atoms with Crippen LogP contribution in [0.1, 0.15) is 19.4 Å². The molecule has 0 atom stereocenters. The summed E-state index contributed by atoms with van der Waals surface area (Å²) in [5.41, 5.74) is 2.17. The summed E-state index contributed by atoms with van der Waals surface area (Å²) in [5.74, 6) is 1.07. The van der Waals surface area contributed by atoms with Crippen LogP contribution in [-0.4, -0.2) is 29.9 Å². The molecule has 0 saturated carbocycles. The molecule has 4 rings (SSSR count). The van der Waals surface area contributed by atoms with Crippen molar-refractivity contribution in [3.8, 4) is 28.5 Å². The number of benzene rings is 2. The van der Waals surface area contributed by atoms with Gasteiger partial charge in [0, 0.05) is 24.8 Å². The number of esters is 1. The lowest BCUT2D eigenvalue weighted by molar-refractivity contribution is -0.131. The zero-order valence-corrected chi connectivity index (χ0v) is 17.0. The van der Waals surface area contributed by atoms with Crippen LogP contribution >= 0.6 is 11.3 Å². The van der Waals surface area contributed by atoms with Gasteiger partial charge in [0.05, 0.1) is 11.9 Å². The molecule has 0 aliphatic carbocycles. The topological polar surface area (TPSA) is 90.3 Å². The summed E-state index contributed by atoms with van der Waals surface area (Å²) >= 11 is 1.28. The molecule has 1 aliphatic heterocycles. The van der Waals surface area contributed by atoms with Crippen molar-refractivity contribution in [1.29, 1.82) is 0 Å². The smallest absolute Gasteiger partial charge is 0.308 e. The molecule has 2 aromatic carbocycles. The molecule has 0 saturated heterocycles. The molecule has 0 radical (unpaired) electrons. The number of aromatic nitrogens is 1. The van der Waals surface area contributed by atoms with Crippen LogP contribution in [0, 0.1) is 0 Å². The number of anilines is 1. The molecule has 3 aromatic rings. The third-order valence-electron chi connectivity index (χ3n) is 4.08. The molecule has 1 aliphatic rings. The van der Waals surface area contributed by atoms with Crippen molar-refractivity contribution in [1.82, 2.24) is 4.98 Å². The number of hydrogen-bond donors (Lipinski definition) is 0. The Labute approximate surface area is 176 Å². The number of thiazole rings is 1. The number of rotatable bonds is 5. The van der Waals surface area contributed by atoms with E-state index in [0.717, 1.165) is 11.1 Å². The van der Waals surface area contributed by atoms with Gasteiger partial charge in [-0.25, -0.2) is 4.98 Å². The number of fused-ring (bicyclic) bond motifs is 1. The fourth-order valence-corrected chi connectivity index (χ4v) is 3.59. The first-order chi connectivity index (χ1) is 14.5. The normalized spacial score (nSPS) is 12.2. The maximum atomic E-state index is 12.2. The van der Waals surface area contributed by atoms with Crippen molar-refractivity contribution < 1.29 is 23.8 Å². The van der Waals surface area contributed by atoms with E-state index in [-0.39, 0.29) is 12.7 Å². The van der Waals surface area contributed by atoms with E-state index < -0.39 is 5.97 Å². The monoisotopic (exact) mass is 423 g/mol. The van der Waals surface area contributed by atoms with E-state index in [1.165, 1.54) is 30.2 Å². The SMILES string of the molecule is CC(=O)Oc1cccc(-c2csc(N(N=Cc3ccc4c(c3)OCO4)C(C)=O)n2)c1. The average Bonchev–Trinajstić information content (AvgIpc) is 3.37. The van der Waals surface area contributed by atoms with Crippen molar-refractivity contribution >= 4 is 34.6 Å². The highest BCUT2D eigenvalue weighted by molar-refractivity contribution is 7.14. The Hall–Kier alpha value is -3.72. The molecular weight excluding hydrogens is 406 g/mol. The van der Waals surface area contributed by atoms with Crippen LogP contribution in [0.5, 0.6) is 17.2 Å². The number of carbonyl (C=O) groups is 2. The van der Waals surface area contributed by atoms with E-state index in [4.69, 9.17) is 14.2 Å². The minimum Gasteiger partial charge on any atom is -0.454 e. The van der Waals surface area contributed by atoms with E-state index in [9.17, 15) is 9.59 Å². The molecule has 1 aromatic heterocycles. The third-order valence-corrected chi connectivity index (χ3v) is 4.90. The van der Waals surface area contributed by atoms with E-state index >= 15 is 0 Å². The summed E-state index contributed by atoms with van der Waals surface area (Å²) in [5, 5.41) is 7.76. The van der Waals surface area contributed by atoms with Crippen LogP contribution in [0.2, 0.25) is 0 Å². The summed E-state index contributed by atoms with van der Waals surface area (Å²) < 4.78 is 15.8. The van der Waals surface area contributed by atoms with Gasteiger partial charge in [-0.15, -0.1) is 11.3 Å². The van der Waals surface area contributed by atoms with Crippen LogP contribution in [0.3, 0.4) is 0 Å². The van der Waals surface area contributed by atoms with Gasteiger partial charge in [0.1, 0.15) is 5.75 Å². The number of carbonyl (C=O) groups excluding carboxylic acids is 2. The highest BCUT2D eigenvalue weighted by Crippen LogP contribution is 2.32. The average molecular weight is 423 g/mol. The molecule has 0 N–H and O–H groups in total. The zero-order valence-electron chi connectivity index (χ0n) is 16.2. The van der Waals surface area contributed by atoms with Gasteiger partial charge in [0.25, 0.3) is 0 Å². The Kier molecular flexibility index (Phi) is 5.44. The number of nitrogens with zero attached hydrogens (tertiary/aromatic N) is 3. The highest BCUT2D eigenvalue weighted by Gasteiger charge is 2.17. The Morgan fingerprint density at radius 2 is 2.00 bits per heavy atom. The summed E-state index contributed by atoms with van der Waals surface area (Å²) in [7, 11) is 0. The maximum Gasteiger partial charge on any atom is 0.308 e. The Morgan fingerprint density at radius 3 is 2.80 bits per heavy atom. The molecule has 152 valence electrons. The molecular formula is C21H17N3O5S. The summed E-state index contributed by atoms with van der Waals surface area (Å²) in [6, 6.07) is 12.4. The molecule has 0 spiro atoms. The second kappa shape index (κ2) is 8.34. The van der Waals surface area contributed by atoms with E-state index in [1.807, 2.05) is 17.5 Å². The molecule has 2 heterocycles. The van der Waals surface area contributed by atoms with Crippen LogP contribution in [-0.2, 0) is 9.59 Å². The summed E-state index contributed by atoms with van der Waals surface area (Å²) in [4.78, 5) is 27.8. The summed E-state index contributed by atoms with van der Waals surface area (Å²) in [6.45, 7) is 2.95. The lowest BCUT2D eigenvalue weighted by Crippen LogP contribution is -2.22. The predicted octanol–water partition coefficient (Wildman–Crippen LogP) is 3.85. The number of ether oxygens (including phenoxy) is 3. The van der Waals surface area contributed by atoms with Crippen molar-refractivity contribution in [2.75, 3.05) is 11.8 Å². The predicted molar refractivity (Wildman–Crippen MR) is 112 cm³/mol. The molecule has 0 fully saturated rings. The van der Waals surface area contributed by atoms with Crippen molar-refractivity contribution in [2.45, 2.75) is 13.8 Å². The quantitative estimate of drug-likeness (QED) is 0.268. The van der Waals surface area contributed by atoms with Gasteiger partial charge in [-0.05, 0) is 35.9 Å². The standard InChI is InChI=1S/C21H17N3O5S/c1-13(25)24(22-10-15-6-7-19-20(8-15)28-12-27-19)21-23-18(11-30-21)16-4-3-5-17(9-16)29-14(2)26/h3-11H,12H2,1-2H3. The second-order valence-electron chi connectivity index (χ2n) is 6.32. The van der Waals surface area contributed by atoms with Crippen LogP contribution in [0.4, 0.5) is 5.13 Å². The van der Waals surface area contributed by atoms with Gasteiger partial charge in [0.2, 0.25) is 17.8 Å². The Balaban J connectivity index is 1.56. The van der Waals surface area contributed by atoms with Gasteiger partial charge in [-0.3, -0.25) is 9.59 Å². The molecule has 8 nitrogen and oxygen atoms in total. The fraction of sp³-hybridized carbons (Fsp3) is 0.143. The van der Waals surface area contributed by atoms with Crippen LogP contribution in [0.25, 0.3) is 11.3 Å². The van der Waals surface area contributed by atoms with Crippen molar-refractivity contribution in [2.24, 2.45) is 5.10 Å². The van der Waals surface area contributed by atoms with Gasteiger partial charge < -0.3 is 14.2 Å². The number of hydrogen-bond acceptors (Lipinski definition) is 8. The molecule has 1 amide bonds. The van der Waals surface area contributed by atoms with Crippen LogP contribution < -0.4 is 19.2 Å². The molecule has 0 unspecified atom stereocenters. The van der Waals surface area contributed by atoms with Gasteiger partial charge in [0.15, 0.2) is 11.5 Å². The lowest BCUT2D eigenvalue weighted by atomic mass is 10.2. The lowest BCUT2D eigenvalue weighted by Gasteiger charge is -2.10. The Bertz CT molecular complexity index is 1140. The minimum atomic E-state index is -0.397. The molecule has 9 heteroatoms. The number of hydrazone groups is 1. The maximum absolute atomic E-state index is 12.2. The van der Waals surface area contributed by atoms with Crippen LogP contribution in [0.15, 0.2) is 52.9 Å². The summed E-state index contributed by atoms with van der Waals surface area (Å²) in [6.07, 6.45) is 1.56. The van der Waals surface area contributed by atoms with Crippen molar-refractivity contribution in [3.05, 3.63) is 53.4 Å². The third kappa shape index (κ3) is 4.31. The largest absolute Gasteiger partial charge is 0.454 e. The minimum absolute atomic E-state index is 0.191. The molecule has 30 heavy (non-hydrogen) atoms. The first-order valence-corrected chi connectivity index (χ1v) is 9.86. The van der Waals surface area contributed by atoms with Gasteiger partial charge in [-0.1, -0.05) is 12.1 Å². The molecule has 0 bridgehead atoms. The van der Waals surface area contributed by atoms with Gasteiger partial charge >= 0.3 is 5.97 Å². The first kappa shape index (κ1) is 19.6. The second-order valence-corrected chi connectivity index (χ2v) is 7.16. The van der Waals surface area contributed by atoms with Gasteiger partial charge in [-0.2, -0.15) is 10.1 Å². The zero-order chi connectivity index (χ0) is 21.1. The van der Waals surface area contributed by atoms with E-state index in [2.05, 4.69) is 10.1 Å². The van der Waals surface area contributed by atoms with Crippen molar-refractivity contribution in [3.63, 3.8) is 0 Å². The van der Waals surface area contributed by atoms with E-state index in [0.29, 0.717) is 28.1 Å². The first-order valence-electron chi connectivity index (χ1n) is 8.98. The Morgan fingerprint density at radius 1 is 1.17 bits per heavy atom. The number of amides is 1. The van der Waals surface area contributed by atoms with E-state index in [1.54, 1.807) is 36.5 Å².